The van der Waals surface area contributed by atoms with Gasteiger partial charge in [-0.3, -0.25) is 4.79 Å². The SMILES string of the molecule is O=C(/C=C/c1ccccc1F)c1c(F)cccc1F. The Kier molecular flexibility index (Phi) is 3.80. The van der Waals surface area contributed by atoms with Crippen molar-refractivity contribution < 1.29 is 18.0 Å². The van der Waals surface area contributed by atoms with Crippen molar-refractivity contribution in [3.05, 3.63) is 77.1 Å². The summed E-state index contributed by atoms with van der Waals surface area (Å²) in [5.74, 6) is -3.24. The molecule has 0 N–H and O–H groups in total. The Morgan fingerprint density at radius 3 is 2.05 bits per heavy atom. The van der Waals surface area contributed by atoms with Gasteiger partial charge in [-0.2, -0.15) is 0 Å². The van der Waals surface area contributed by atoms with Crippen LogP contribution in [-0.4, -0.2) is 5.78 Å². The van der Waals surface area contributed by atoms with E-state index in [9.17, 15) is 18.0 Å². The van der Waals surface area contributed by atoms with Gasteiger partial charge in [0.15, 0.2) is 5.78 Å². The standard InChI is InChI=1S/C15H9F3O/c16-11-5-2-1-4-10(11)8-9-14(19)15-12(17)6-3-7-13(15)18/h1-9H/b9-8+. The second-order valence-electron chi connectivity index (χ2n) is 3.82. The van der Waals surface area contributed by atoms with Crippen LogP contribution in [0.15, 0.2) is 48.5 Å². The summed E-state index contributed by atoms with van der Waals surface area (Å²) in [6, 6.07) is 8.94. The Bertz CT molecular complexity index is 627. The molecule has 1 nitrogen and oxygen atoms in total. The maximum absolute atomic E-state index is 13.3. The molecule has 0 saturated heterocycles. The Balaban J connectivity index is 2.30. The van der Waals surface area contributed by atoms with Gasteiger partial charge in [0.1, 0.15) is 17.5 Å². The molecule has 96 valence electrons. The second kappa shape index (κ2) is 5.52. The second-order valence-corrected chi connectivity index (χ2v) is 3.82. The van der Waals surface area contributed by atoms with Crippen molar-refractivity contribution in [2.45, 2.75) is 0 Å². The monoisotopic (exact) mass is 262 g/mol. The molecule has 19 heavy (non-hydrogen) atoms. The normalized spacial score (nSPS) is 10.9. The summed E-state index contributed by atoms with van der Waals surface area (Å²) in [5.41, 5.74) is -0.470. The van der Waals surface area contributed by atoms with Gasteiger partial charge in [0.2, 0.25) is 0 Å². The van der Waals surface area contributed by atoms with Crippen molar-refractivity contribution in [3.8, 4) is 0 Å². The zero-order valence-electron chi connectivity index (χ0n) is 9.74. The number of carbonyl (C=O) groups is 1. The first kappa shape index (κ1) is 13.1. The van der Waals surface area contributed by atoms with Gasteiger partial charge in [0, 0.05) is 5.56 Å². The maximum atomic E-state index is 13.3. The molecular weight excluding hydrogens is 253 g/mol. The third-order valence-corrected chi connectivity index (χ3v) is 2.53. The molecule has 0 amide bonds. The predicted octanol–water partition coefficient (Wildman–Crippen LogP) is 4.00. The van der Waals surface area contributed by atoms with Crippen LogP contribution in [-0.2, 0) is 0 Å². The molecule has 0 aliphatic rings. The highest BCUT2D eigenvalue weighted by Gasteiger charge is 2.14. The van der Waals surface area contributed by atoms with Crippen LogP contribution in [0.4, 0.5) is 13.2 Å². The first-order valence-electron chi connectivity index (χ1n) is 5.50. The van der Waals surface area contributed by atoms with E-state index in [1.807, 2.05) is 0 Å². The van der Waals surface area contributed by atoms with Crippen molar-refractivity contribution in [2.75, 3.05) is 0 Å². The molecule has 0 unspecified atom stereocenters. The molecule has 2 aromatic carbocycles. The van der Waals surface area contributed by atoms with E-state index in [-0.39, 0.29) is 5.56 Å². The lowest BCUT2D eigenvalue weighted by molar-refractivity contribution is 0.104. The average Bonchev–Trinajstić information content (AvgIpc) is 2.37. The summed E-state index contributed by atoms with van der Waals surface area (Å²) < 4.78 is 40.0. The fraction of sp³-hybridized carbons (Fsp3) is 0. The van der Waals surface area contributed by atoms with E-state index < -0.39 is 28.8 Å². The summed E-state index contributed by atoms with van der Waals surface area (Å²) in [7, 11) is 0. The van der Waals surface area contributed by atoms with Crippen molar-refractivity contribution >= 4 is 11.9 Å². The Morgan fingerprint density at radius 2 is 1.42 bits per heavy atom. The molecule has 0 spiro atoms. The van der Waals surface area contributed by atoms with Crippen LogP contribution in [0.2, 0.25) is 0 Å². The van der Waals surface area contributed by atoms with Gasteiger partial charge in [0.05, 0.1) is 5.56 Å². The molecule has 0 saturated carbocycles. The molecule has 0 radical (unpaired) electrons. The molecule has 0 atom stereocenters. The van der Waals surface area contributed by atoms with E-state index in [2.05, 4.69) is 0 Å². The zero-order chi connectivity index (χ0) is 13.8. The minimum absolute atomic E-state index is 0.174. The molecule has 2 aromatic rings. The molecule has 0 bridgehead atoms. The van der Waals surface area contributed by atoms with Crippen LogP contribution in [0.1, 0.15) is 15.9 Å². The zero-order valence-corrected chi connectivity index (χ0v) is 9.74. The Hall–Kier alpha value is -2.36. The third kappa shape index (κ3) is 2.91. The molecular formula is C15H9F3O. The molecule has 4 heteroatoms. The Labute approximate surface area is 108 Å². The minimum atomic E-state index is -0.941. The topological polar surface area (TPSA) is 17.1 Å². The van der Waals surface area contributed by atoms with E-state index in [0.717, 1.165) is 18.2 Å². The molecule has 0 aromatic heterocycles. The van der Waals surface area contributed by atoms with Crippen LogP contribution in [0.5, 0.6) is 0 Å². The number of carbonyl (C=O) groups excluding carboxylic acids is 1. The Morgan fingerprint density at radius 1 is 0.842 bits per heavy atom. The van der Waals surface area contributed by atoms with Gasteiger partial charge in [0.25, 0.3) is 0 Å². The van der Waals surface area contributed by atoms with E-state index in [4.69, 9.17) is 0 Å². The van der Waals surface area contributed by atoms with E-state index in [0.29, 0.717) is 0 Å². The van der Waals surface area contributed by atoms with Gasteiger partial charge in [-0.25, -0.2) is 13.2 Å². The number of benzene rings is 2. The van der Waals surface area contributed by atoms with Crippen molar-refractivity contribution in [1.29, 1.82) is 0 Å². The summed E-state index contributed by atoms with van der Waals surface area (Å²) in [6.45, 7) is 0. The molecule has 2 rings (SSSR count). The lowest BCUT2D eigenvalue weighted by atomic mass is 10.1. The summed E-state index contributed by atoms with van der Waals surface area (Å²) in [6.07, 6.45) is 2.13. The van der Waals surface area contributed by atoms with Gasteiger partial charge < -0.3 is 0 Å². The fourth-order valence-corrected chi connectivity index (χ4v) is 1.59. The fourth-order valence-electron chi connectivity index (χ4n) is 1.59. The number of rotatable bonds is 3. The minimum Gasteiger partial charge on any atom is -0.289 e. The van der Waals surface area contributed by atoms with Crippen molar-refractivity contribution in [2.24, 2.45) is 0 Å². The van der Waals surface area contributed by atoms with Crippen LogP contribution < -0.4 is 0 Å². The molecule has 0 aliphatic carbocycles. The predicted molar refractivity (Wildman–Crippen MR) is 66.1 cm³/mol. The van der Waals surface area contributed by atoms with Gasteiger partial charge in [-0.15, -0.1) is 0 Å². The molecule has 0 heterocycles. The van der Waals surface area contributed by atoms with Crippen molar-refractivity contribution in [1.82, 2.24) is 0 Å². The van der Waals surface area contributed by atoms with E-state index in [1.54, 1.807) is 6.07 Å². The summed E-state index contributed by atoms with van der Waals surface area (Å²) in [5, 5.41) is 0. The van der Waals surface area contributed by atoms with Crippen molar-refractivity contribution in [3.63, 3.8) is 0 Å². The lowest BCUT2D eigenvalue weighted by Gasteiger charge is -2.00. The highest BCUT2D eigenvalue weighted by molar-refractivity contribution is 6.07. The van der Waals surface area contributed by atoms with Crippen LogP contribution in [0.25, 0.3) is 6.08 Å². The largest absolute Gasteiger partial charge is 0.289 e. The van der Waals surface area contributed by atoms with E-state index >= 15 is 0 Å². The highest BCUT2D eigenvalue weighted by atomic mass is 19.1. The average molecular weight is 262 g/mol. The molecule has 0 fully saturated rings. The highest BCUT2D eigenvalue weighted by Crippen LogP contribution is 2.15. The lowest BCUT2D eigenvalue weighted by Crippen LogP contribution is -2.02. The number of halogens is 3. The first-order chi connectivity index (χ1) is 9.09. The first-order valence-corrected chi connectivity index (χ1v) is 5.50. The summed E-state index contributed by atoms with van der Waals surface area (Å²) >= 11 is 0. The van der Waals surface area contributed by atoms with Crippen LogP contribution >= 0.6 is 0 Å². The smallest absolute Gasteiger partial charge is 0.191 e. The summed E-state index contributed by atoms with van der Waals surface area (Å²) in [4.78, 5) is 11.7. The van der Waals surface area contributed by atoms with Crippen LogP contribution in [0, 0.1) is 17.5 Å². The quantitative estimate of drug-likeness (QED) is 0.603. The number of hydrogen-bond donors (Lipinski definition) is 0. The van der Waals surface area contributed by atoms with Crippen LogP contribution in [0.3, 0.4) is 0 Å². The molecule has 0 aliphatic heterocycles. The van der Waals surface area contributed by atoms with Gasteiger partial charge in [-0.1, -0.05) is 24.3 Å². The number of ketones is 1. The van der Waals surface area contributed by atoms with Gasteiger partial charge in [-0.05, 0) is 30.4 Å². The number of hydrogen-bond acceptors (Lipinski definition) is 1. The maximum Gasteiger partial charge on any atom is 0.191 e. The third-order valence-electron chi connectivity index (χ3n) is 2.53. The van der Waals surface area contributed by atoms with Gasteiger partial charge >= 0.3 is 0 Å². The van der Waals surface area contributed by atoms with E-state index in [1.165, 1.54) is 30.3 Å². The number of allylic oxidation sites excluding steroid dienone is 1.